The van der Waals surface area contributed by atoms with E-state index in [2.05, 4.69) is 4.98 Å². The van der Waals surface area contributed by atoms with Crippen LogP contribution in [-0.2, 0) is 4.74 Å². The summed E-state index contributed by atoms with van der Waals surface area (Å²) >= 11 is 7.11. The van der Waals surface area contributed by atoms with Crippen molar-refractivity contribution in [2.45, 2.75) is 42.2 Å². The molecule has 2 N–H and O–H groups in total. The molecule has 1 aromatic heterocycles. The topological polar surface area (TPSA) is 82.9 Å². The van der Waals surface area contributed by atoms with E-state index in [9.17, 15) is 15.0 Å². The number of amides is 1. The number of pyridine rings is 1. The smallest absolute Gasteiger partial charge is 0.410 e. The molecule has 0 saturated carbocycles. The highest BCUT2D eigenvalue weighted by atomic mass is 35.5. The maximum absolute atomic E-state index is 12.2. The molecule has 1 amide bonds. The number of likely N-dealkylation sites (tertiary alicyclic amines) is 1. The summed E-state index contributed by atoms with van der Waals surface area (Å²) in [6.45, 7) is 5.18. The maximum Gasteiger partial charge on any atom is 0.410 e. The Morgan fingerprint density at radius 2 is 2.26 bits per heavy atom. The molecular weight excluding hydrogens is 340 g/mol. The number of halogens is 1. The van der Waals surface area contributed by atoms with E-state index >= 15 is 0 Å². The minimum absolute atomic E-state index is 0.0175. The van der Waals surface area contributed by atoms with Crippen LogP contribution in [0.2, 0.25) is 5.02 Å². The molecule has 6 nitrogen and oxygen atoms in total. The molecule has 1 aliphatic heterocycles. The zero-order valence-corrected chi connectivity index (χ0v) is 14.9. The van der Waals surface area contributed by atoms with Gasteiger partial charge in [-0.15, -0.1) is 0 Å². The number of thioether (sulfide) groups is 1. The van der Waals surface area contributed by atoms with E-state index in [1.807, 2.05) is 0 Å². The lowest BCUT2D eigenvalue weighted by molar-refractivity contribution is -0.00978. The first-order chi connectivity index (χ1) is 10.6. The van der Waals surface area contributed by atoms with Gasteiger partial charge < -0.3 is 19.8 Å². The van der Waals surface area contributed by atoms with E-state index in [1.54, 1.807) is 32.9 Å². The number of aliphatic hydroxyl groups excluding tert-OH is 1. The Morgan fingerprint density at radius 3 is 2.78 bits per heavy atom. The number of ether oxygens (including phenoxy) is 1. The van der Waals surface area contributed by atoms with Crippen LogP contribution in [0, 0.1) is 0 Å². The number of aliphatic hydroxyl groups is 2. The highest BCUT2D eigenvalue weighted by molar-refractivity contribution is 8.00. The summed E-state index contributed by atoms with van der Waals surface area (Å²) < 4.78 is 5.33. The average molecular weight is 361 g/mol. The number of hydrogen-bond acceptors (Lipinski definition) is 6. The van der Waals surface area contributed by atoms with Gasteiger partial charge in [-0.1, -0.05) is 23.4 Å². The molecule has 0 bridgehead atoms. The lowest BCUT2D eigenvalue weighted by Crippen LogP contribution is -2.44. The van der Waals surface area contributed by atoms with Crippen molar-refractivity contribution in [2.24, 2.45) is 0 Å². The number of β-amino-alcohol motifs (C(OH)–C–C–N with tert-alkyl or cyclic N) is 1. The van der Waals surface area contributed by atoms with Crippen molar-refractivity contribution in [2.75, 3.05) is 19.7 Å². The fourth-order valence-electron chi connectivity index (χ4n) is 2.21. The first-order valence-corrected chi connectivity index (χ1v) is 8.48. The maximum atomic E-state index is 12.2. The Kier molecular flexibility index (Phi) is 5.45. The van der Waals surface area contributed by atoms with Crippen LogP contribution in [0.1, 0.15) is 20.8 Å². The van der Waals surface area contributed by atoms with Crippen LogP contribution in [-0.4, -0.2) is 62.3 Å². The number of rotatable bonds is 3. The Labute approximate surface area is 144 Å². The van der Waals surface area contributed by atoms with Crippen LogP contribution in [0.5, 0.6) is 0 Å². The number of aromatic nitrogens is 1. The van der Waals surface area contributed by atoms with Crippen molar-refractivity contribution in [1.82, 2.24) is 9.88 Å². The van der Waals surface area contributed by atoms with Gasteiger partial charge in [-0.05, 0) is 32.9 Å². The minimum Gasteiger partial charge on any atom is -0.444 e. The molecule has 1 saturated heterocycles. The fraction of sp³-hybridized carbons (Fsp3) is 0.600. The number of carbonyl (C=O) groups is 1. The van der Waals surface area contributed by atoms with Crippen molar-refractivity contribution in [1.29, 1.82) is 0 Å². The van der Waals surface area contributed by atoms with Crippen LogP contribution < -0.4 is 0 Å². The van der Waals surface area contributed by atoms with E-state index in [-0.39, 0.29) is 13.1 Å². The summed E-state index contributed by atoms with van der Waals surface area (Å²) in [5, 5.41) is 21.0. The second-order valence-electron chi connectivity index (χ2n) is 6.54. The van der Waals surface area contributed by atoms with Gasteiger partial charge in [0, 0.05) is 12.7 Å². The van der Waals surface area contributed by atoms with Crippen LogP contribution in [0.3, 0.4) is 0 Å². The Morgan fingerprint density at radius 1 is 1.57 bits per heavy atom. The third-order valence-corrected chi connectivity index (χ3v) is 4.92. The summed E-state index contributed by atoms with van der Waals surface area (Å²) in [4.78, 5) is 17.8. The van der Waals surface area contributed by atoms with Gasteiger partial charge in [0.25, 0.3) is 0 Å². The third-order valence-electron chi connectivity index (χ3n) is 3.34. The Bertz CT molecular complexity index is 564. The zero-order chi connectivity index (χ0) is 17.3. The summed E-state index contributed by atoms with van der Waals surface area (Å²) in [7, 11) is 0. The highest BCUT2D eigenvalue weighted by Crippen LogP contribution is 2.36. The standard InChI is InChI=1S/C15H21ClN2O4S/c1-14(2,3)22-13(20)18-7-11(15(21,8-18)9-19)23-12-5-4-10(16)6-17-12/h4-6,11,19,21H,7-9H2,1-3H3/t11-,15?/m0/s1. The number of hydrogen-bond donors (Lipinski definition) is 2. The fourth-order valence-corrected chi connectivity index (χ4v) is 3.50. The van der Waals surface area contributed by atoms with E-state index in [4.69, 9.17) is 16.3 Å². The van der Waals surface area contributed by atoms with E-state index in [0.717, 1.165) is 0 Å². The van der Waals surface area contributed by atoms with Crippen molar-refractivity contribution in [3.05, 3.63) is 23.4 Å². The summed E-state index contributed by atoms with van der Waals surface area (Å²) in [5.74, 6) is 0. The molecule has 8 heteroatoms. The summed E-state index contributed by atoms with van der Waals surface area (Å²) in [6.07, 6.45) is 1.01. The van der Waals surface area contributed by atoms with Gasteiger partial charge in [0.05, 0.1) is 28.5 Å². The molecule has 1 unspecified atom stereocenters. The van der Waals surface area contributed by atoms with E-state index < -0.39 is 29.2 Å². The summed E-state index contributed by atoms with van der Waals surface area (Å²) in [5.41, 5.74) is -2.01. The average Bonchev–Trinajstić information content (AvgIpc) is 2.78. The van der Waals surface area contributed by atoms with Gasteiger partial charge in [0.15, 0.2) is 0 Å². The predicted molar refractivity (Wildman–Crippen MR) is 88.7 cm³/mol. The molecule has 23 heavy (non-hydrogen) atoms. The molecule has 1 aromatic rings. The summed E-state index contributed by atoms with van der Waals surface area (Å²) in [6, 6.07) is 3.44. The van der Waals surface area contributed by atoms with Gasteiger partial charge >= 0.3 is 6.09 Å². The molecule has 1 aliphatic rings. The molecule has 0 radical (unpaired) electrons. The molecule has 0 aliphatic carbocycles. The number of carbonyl (C=O) groups excluding carboxylic acids is 1. The van der Waals surface area contributed by atoms with E-state index in [0.29, 0.717) is 10.0 Å². The molecule has 0 spiro atoms. The molecule has 2 rings (SSSR count). The minimum atomic E-state index is -1.40. The van der Waals surface area contributed by atoms with Gasteiger partial charge in [-0.25, -0.2) is 9.78 Å². The normalized spacial score (nSPS) is 24.8. The Hall–Kier alpha value is -1.02. The van der Waals surface area contributed by atoms with Crippen LogP contribution in [0.4, 0.5) is 4.79 Å². The van der Waals surface area contributed by atoms with Gasteiger partial charge in [-0.3, -0.25) is 0 Å². The van der Waals surface area contributed by atoms with Crippen molar-refractivity contribution in [3.8, 4) is 0 Å². The second-order valence-corrected chi connectivity index (χ2v) is 8.20. The third kappa shape index (κ3) is 4.73. The second kappa shape index (κ2) is 6.84. The monoisotopic (exact) mass is 360 g/mol. The molecule has 128 valence electrons. The SMILES string of the molecule is CC(C)(C)OC(=O)N1C[C@H](Sc2ccc(Cl)cn2)C(O)(CO)C1. The molecule has 2 atom stereocenters. The molecule has 2 heterocycles. The van der Waals surface area contributed by atoms with E-state index in [1.165, 1.54) is 22.9 Å². The van der Waals surface area contributed by atoms with Crippen LogP contribution in [0.25, 0.3) is 0 Å². The molecular formula is C15H21ClN2O4S. The quantitative estimate of drug-likeness (QED) is 0.859. The van der Waals surface area contributed by atoms with Gasteiger partial charge in [-0.2, -0.15) is 0 Å². The highest BCUT2D eigenvalue weighted by Gasteiger charge is 2.48. The van der Waals surface area contributed by atoms with Crippen LogP contribution >= 0.6 is 23.4 Å². The Balaban J connectivity index is 2.09. The van der Waals surface area contributed by atoms with Crippen molar-refractivity contribution >= 4 is 29.5 Å². The first kappa shape index (κ1) is 18.3. The largest absolute Gasteiger partial charge is 0.444 e. The lowest BCUT2D eigenvalue weighted by atomic mass is 10.1. The molecule has 0 aromatic carbocycles. The van der Waals surface area contributed by atoms with Crippen molar-refractivity contribution in [3.63, 3.8) is 0 Å². The van der Waals surface area contributed by atoms with Gasteiger partial charge in [0.1, 0.15) is 11.2 Å². The molecule has 1 fully saturated rings. The first-order valence-electron chi connectivity index (χ1n) is 7.22. The lowest BCUT2D eigenvalue weighted by Gasteiger charge is -2.26. The number of nitrogens with zero attached hydrogens (tertiary/aromatic N) is 2. The van der Waals surface area contributed by atoms with Crippen molar-refractivity contribution < 1.29 is 19.7 Å². The van der Waals surface area contributed by atoms with Gasteiger partial charge in [0.2, 0.25) is 0 Å². The predicted octanol–water partition coefficient (Wildman–Crippen LogP) is 2.17. The van der Waals surface area contributed by atoms with Crippen LogP contribution in [0.15, 0.2) is 23.4 Å². The zero-order valence-electron chi connectivity index (χ0n) is 13.3.